The number of benzene rings is 1. The minimum Gasteiger partial charge on any atom is -0.258 e. The van der Waals surface area contributed by atoms with Gasteiger partial charge in [-0.2, -0.15) is 0 Å². The van der Waals surface area contributed by atoms with E-state index in [4.69, 9.17) is 0 Å². The summed E-state index contributed by atoms with van der Waals surface area (Å²) in [6.45, 7) is 4.24. The fourth-order valence-electron chi connectivity index (χ4n) is 2.24. The molecule has 0 N–H and O–H groups in total. The van der Waals surface area contributed by atoms with E-state index in [1.54, 1.807) is 34.8 Å². The van der Waals surface area contributed by atoms with Crippen LogP contribution in [0.1, 0.15) is 11.1 Å². The molecule has 0 unspecified atom stereocenters. The van der Waals surface area contributed by atoms with Crippen molar-refractivity contribution in [3.63, 3.8) is 0 Å². The fourth-order valence-corrected chi connectivity index (χ4v) is 4.77. The molecular weight excluding hydrogens is 278 g/mol. The number of hydrogen-bond acceptors (Lipinski definition) is 4. The predicted molar refractivity (Wildman–Crippen MR) is 81.3 cm³/mol. The Balaban J connectivity index is 2.13. The lowest BCUT2D eigenvalue weighted by atomic mass is 10.1. The summed E-state index contributed by atoms with van der Waals surface area (Å²) in [4.78, 5) is 11.5. The third kappa shape index (κ3) is 1.95. The number of rotatable bonds is 2. The zero-order valence-electron chi connectivity index (χ0n) is 10.5. The van der Waals surface area contributed by atoms with Crippen LogP contribution in [0.25, 0.3) is 19.8 Å². The molecule has 5 heteroatoms. The van der Waals surface area contributed by atoms with Gasteiger partial charge in [-0.05, 0) is 48.1 Å². The van der Waals surface area contributed by atoms with Crippen LogP contribution in [0.4, 0.5) is 5.69 Å². The average Bonchev–Trinajstić information content (AvgIpc) is 2.91. The number of hydrogen-bond donors (Lipinski definition) is 0. The van der Waals surface area contributed by atoms with Crippen molar-refractivity contribution in [1.82, 2.24) is 0 Å². The highest BCUT2D eigenvalue weighted by molar-refractivity contribution is 7.39. The Morgan fingerprint density at radius 3 is 2.42 bits per heavy atom. The van der Waals surface area contributed by atoms with Crippen LogP contribution in [0.15, 0.2) is 29.6 Å². The quantitative estimate of drug-likeness (QED) is 0.483. The summed E-state index contributed by atoms with van der Waals surface area (Å²) in [5.74, 6) is 0. The fraction of sp³-hybridized carbons (Fsp3) is 0.143. The molecule has 2 aromatic heterocycles. The summed E-state index contributed by atoms with van der Waals surface area (Å²) >= 11 is 3.52. The van der Waals surface area contributed by atoms with E-state index in [2.05, 4.69) is 19.2 Å². The lowest BCUT2D eigenvalue weighted by Crippen LogP contribution is -1.87. The Kier molecular flexibility index (Phi) is 2.88. The number of nitro benzene ring substituents is 1. The van der Waals surface area contributed by atoms with E-state index in [1.165, 1.54) is 25.4 Å². The van der Waals surface area contributed by atoms with Crippen molar-refractivity contribution in [3.8, 4) is 10.4 Å². The lowest BCUT2D eigenvalue weighted by Gasteiger charge is -2.00. The Hall–Kier alpha value is -1.72. The monoisotopic (exact) mass is 289 g/mol. The number of non-ortho nitro benzene ring substituents is 1. The predicted octanol–water partition coefficient (Wildman–Crippen LogP) is 5.15. The standard InChI is InChI=1S/C14H11NO2S2/c1-8-7-18-14-12(8)9(2)13(19-14)10-3-5-11(6-4-10)15(16)17/h3-7H,1-2H3. The van der Waals surface area contributed by atoms with Crippen LogP contribution in [0, 0.1) is 24.0 Å². The molecular formula is C14H11NO2S2. The molecule has 0 spiro atoms. The van der Waals surface area contributed by atoms with Crippen molar-refractivity contribution in [2.24, 2.45) is 0 Å². The van der Waals surface area contributed by atoms with Gasteiger partial charge in [-0.15, -0.1) is 22.7 Å². The second-order valence-electron chi connectivity index (χ2n) is 4.44. The molecule has 1 aromatic carbocycles. The molecule has 0 amide bonds. The van der Waals surface area contributed by atoms with Crippen molar-refractivity contribution < 1.29 is 4.92 Å². The summed E-state index contributed by atoms with van der Waals surface area (Å²) in [6.07, 6.45) is 0. The highest BCUT2D eigenvalue weighted by Gasteiger charge is 2.14. The summed E-state index contributed by atoms with van der Waals surface area (Å²) in [7, 11) is 0. The van der Waals surface area contributed by atoms with Crippen LogP contribution in [0.3, 0.4) is 0 Å². The minimum atomic E-state index is -0.367. The SMILES string of the molecule is Cc1csc2sc(-c3ccc([N+](=O)[O-])cc3)c(C)c12. The molecule has 2 heterocycles. The van der Waals surface area contributed by atoms with Gasteiger partial charge in [-0.25, -0.2) is 0 Å². The smallest absolute Gasteiger partial charge is 0.258 e. The van der Waals surface area contributed by atoms with Crippen LogP contribution in [-0.4, -0.2) is 4.92 Å². The molecule has 0 radical (unpaired) electrons. The second kappa shape index (κ2) is 4.43. The molecule has 0 aliphatic rings. The van der Waals surface area contributed by atoms with Crippen molar-refractivity contribution in [1.29, 1.82) is 0 Å². The van der Waals surface area contributed by atoms with Crippen molar-refractivity contribution in [2.45, 2.75) is 13.8 Å². The molecule has 19 heavy (non-hydrogen) atoms. The number of aryl methyl sites for hydroxylation is 2. The van der Waals surface area contributed by atoms with E-state index in [0.717, 1.165) is 5.56 Å². The van der Waals surface area contributed by atoms with E-state index in [1.807, 2.05) is 12.1 Å². The summed E-state index contributed by atoms with van der Waals surface area (Å²) in [5, 5.41) is 14.2. The minimum absolute atomic E-state index is 0.135. The summed E-state index contributed by atoms with van der Waals surface area (Å²) < 4.78 is 1.32. The zero-order chi connectivity index (χ0) is 13.6. The molecule has 3 rings (SSSR count). The molecule has 3 aromatic rings. The van der Waals surface area contributed by atoms with Crippen LogP contribution in [-0.2, 0) is 0 Å². The topological polar surface area (TPSA) is 43.1 Å². The maximum atomic E-state index is 10.7. The first kappa shape index (κ1) is 12.3. The third-order valence-electron chi connectivity index (χ3n) is 3.19. The van der Waals surface area contributed by atoms with E-state index in [-0.39, 0.29) is 10.6 Å². The van der Waals surface area contributed by atoms with Crippen LogP contribution < -0.4 is 0 Å². The van der Waals surface area contributed by atoms with E-state index in [9.17, 15) is 10.1 Å². The molecule has 3 nitrogen and oxygen atoms in total. The number of nitrogens with zero attached hydrogens (tertiary/aromatic N) is 1. The van der Waals surface area contributed by atoms with Gasteiger partial charge < -0.3 is 0 Å². The Morgan fingerprint density at radius 1 is 1.16 bits per heavy atom. The van der Waals surface area contributed by atoms with E-state index >= 15 is 0 Å². The maximum absolute atomic E-state index is 10.7. The van der Waals surface area contributed by atoms with Crippen LogP contribution >= 0.6 is 22.7 Å². The maximum Gasteiger partial charge on any atom is 0.269 e. The summed E-state index contributed by atoms with van der Waals surface area (Å²) in [5.41, 5.74) is 3.77. The lowest BCUT2D eigenvalue weighted by molar-refractivity contribution is -0.384. The van der Waals surface area contributed by atoms with Crippen molar-refractivity contribution >= 4 is 37.8 Å². The normalized spacial score (nSPS) is 11.1. The number of thiophene rings is 2. The van der Waals surface area contributed by atoms with Gasteiger partial charge in [0.05, 0.1) is 8.94 Å². The average molecular weight is 289 g/mol. The Labute approximate surface area is 118 Å². The first-order chi connectivity index (χ1) is 9.08. The molecule has 96 valence electrons. The van der Waals surface area contributed by atoms with Gasteiger partial charge in [0.1, 0.15) is 0 Å². The Bertz CT molecular complexity index is 769. The van der Waals surface area contributed by atoms with Gasteiger partial charge in [-0.3, -0.25) is 10.1 Å². The van der Waals surface area contributed by atoms with Gasteiger partial charge in [-0.1, -0.05) is 0 Å². The van der Waals surface area contributed by atoms with Gasteiger partial charge in [0.2, 0.25) is 0 Å². The van der Waals surface area contributed by atoms with Gasteiger partial charge in [0.15, 0.2) is 0 Å². The number of fused-ring (bicyclic) bond motifs is 1. The second-order valence-corrected chi connectivity index (χ2v) is 6.60. The molecule has 0 saturated heterocycles. The van der Waals surface area contributed by atoms with Crippen molar-refractivity contribution in [3.05, 3.63) is 50.9 Å². The first-order valence-corrected chi connectivity index (χ1v) is 7.49. The highest BCUT2D eigenvalue weighted by Crippen LogP contribution is 2.42. The Morgan fingerprint density at radius 2 is 1.84 bits per heavy atom. The zero-order valence-corrected chi connectivity index (χ0v) is 12.1. The highest BCUT2D eigenvalue weighted by atomic mass is 32.2. The van der Waals surface area contributed by atoms with Gasteiger partial charge in [0.25, 0.3) is 5.69 Å². The molecule has 0 atom stereocenters. The molecule has 0 aliphatic heterocycles. The molecule has 0 aliphatic carbocycles. The number of nitro groups is 1. The van der Waals surface area contributed by atoms with Crippen molar-refractivity contribution in [2.75, 3.05) is 0 Å². The van der Waals surface area contributed by atoms with Crippen LogP contribution in [0.2, 0.25) is 0 Å². The van der Waals surface area contributed by atoms with E-state index in [0.29, 0.717) is 0 Å². The van der Waals surface area contributed by atoms with Gasteiger partial charge in [0, 0.05) is 22.4 Å². The molecule has 0 saturated carbocycles. The summed E-state index contributed by atoms with van der Waals surface area (Å²) in [6, 6.07) is 6.79. The van der Waals surface area contributed by atoms with Gasteiger partial charge >= 0.3 is 0 Å². The molecule has 0 fully saturated rings. The van der Waals surface area contributed by atoms with Crippen LogP contribution in [0.5, 0.6) is 0 Å². The first-order valence-electron chi connectivity index (χ1n) is 5.80. The van der Waals surface area contributed by atoms with E-state index < -0.39 is 0 Å². The largest absolute Gasteiger partial charge is 0.269 e. The third-order valence-corrected chi connectivity index (χ3v) is 5.76. The molecule has 0 bridgehead atoms.